The SMILES string of the molecule is CC(C)=CCN1CCC(NC(=O)c2cnn(-c3ccc(C(F)(F)F)cn3)c2C(C)C)CC1. The van der Waals surface area contributed by atoms with E-state index >= 15 is 0 Å². The smallest absolute Gasteiger partial charge is 0.349 e. The lowest BCUT2D eigenvalue weighted by molar-refractivity contribution is -0.137. The van der Waals surface area contributed by atoms with Crippen molar-refractivity contribution in [1.82, 2.24) is 25.0 Å². The lowest BCUT2D eigenvalue weighted by Crippen LogP contribution is -2.44. The van der Waals surface area contributed by atoms with E-state index in [0.29, 0.717) is 11.3 Å². The third kappa shape index (κ3) is 5.76. The average Bonchev–Trinajstić information content (AvgIpc) is 3.18. The zero-order valence-electron chi connectivity index (χ0n) is 18.9. The van der Waals surface area contributed by atoms with Crippen LogP contribution in [-0.4, -0.2) is 51.2 Å². The van der Waals surface area contributed by atoms with Crippen LogP contribution in [0, 0.1) is 0 Å². The highest BCUT2D eigenvalue weighted by molar-refractivity contribution is 5.95. The Morgan fingerprint density at radius 1 is 1.22 bits per heavy atom. The summed E-state index contributed by atoms with van der Waals surface area (Å²) < 4.78 is 40.0. The number of rotatable bonds is 6. The van der Waals surface area contributed by atoms with Crippen LogP contribution in [0.3, 0.4) is 0 Å². The van der Waals surface area contributed by atoms with Crippen LogP contribution in [0.1, 0.15) is 68.1 Å². The molecular weight excluding hydrogens is 419 g/mol. The van der Waals surface area contributed by atoms with Gasteiger partial charge in [-0.1, -0.05) is 25.5 Å². The molecule has 1 N–H and O–H groups in total. The van der Waals surface area contributed by atoms with E-state index < -0.39 is 11.7 Å². The molecule has 1 aliphatic rings. The number of piperidine rings is 1. The number of likely N-dealkylation sites (tertiary alicyclic amines) is 1. The number of carbonyl (C=O) groups is 1. The standard InChI is InChI=1S/C23H30F3N5O/c1-15(2)7-10-30-11-8-18(9-12-30)29-22(32)19-14-28-31(21(19)16(3)4)20-6-5-17(13-27-20)23(24,25)26/h5-7,13-14,16,18H,8-12H2,1-4H3,(H,29,32). The lowest BCUT2D eigenvalue weighted by atomic mass is 10.0. The van der Waals surface area contributed by atoms with Crippen molar-refractivity contribution in [2.75, 3.05) is 19.6 Å². The van der Waals surface area contributed by atoms with Gasteiger partial charge in [0.1, 0.15) is 0 Å². The molecule has 0 unspecified atom stereocenters. The Morgan fingerprint density at radius 3 is 2.44 bits per heavy atom. The quantitative estimate of drug-likeness (QED) is 0.657. The largest absolute Gasteiger partial charge is 0.417 e. The van der Waals surface area contributed by atoms with Gasteiger partial charge in [0.05, 0.1) is 23.0 Å². The molecule has 0 spiro atoms. The van der Waals surface area contributed by atoms with E-state index in [9.17, 15) is 18.0 Å². The summed E-state index contributed by atoms with van der Waals surface area (Å²) >= 11 is 0. The van der Waals surface area contributed by atoms with Gasteiger partial charge in [-0.2, -0.15) is 18.3 Å². The van der Waals surface area contributed by atoms with E-state index in [1.54, 1.807) is 0 Å². The highest BCUT2D eigenvalue weighted by atomic mass is 19.4. The van der Waals surface area contributed by atoms with E-state index in [1.165, 1.54) is 22.5 Å². The molecule has 1 amide bonds. The molecule has 0 bridgehead atoms. The number of hydrogen-bond donors (Lipinski definition) is 1. The number of nitrogens with one attached hydrogen (secondary N) is 1. The van der Waals surface area contributed by atoms with Gasteiger partial charge in [0.25, 0.3) is 5.91 Å². The molecule has 1 fully saturated rings. The van der Waals surface area contributed by atoms with Crippen molar-refractivity contribution in [3.8, 4) is 5.82 Å². The molecule has 0 saturated carbocycles. The van der Waals surface area contributed by atoms with Crippen molar-refractivity contribution in [3.63, 3.8) is 0 Å². The zero-order valence-corrected chi connectivity index (χ0v) is 18.9. The van der Waals surface area contributed by atoms with E-state index in [1.807, 2.05) is 13.8 Å². The summed E-state index contributed by atoms with van der Waals surface area (Å²) in [4.78, 5) is 19.3. The van der Waals surface area contributed by atoms with E-state index in [4.69, 9.17) is 0 Å². The lowest BCUT2D eigenvalue weighted by Gasteiger charge is -2.31. The zero-order chi connectivity index (χ0) is 23.5. The molecule has 1 saturated heterocycles. The summed E-state index contributed by atoms with van der Waals surface area (Å²) in [5.74, 6) is -0.0452. The third-order valence-corrected chi connectivity index (χ3v) is 5.57. The molecule has 9 heteroatoms. The molecule has 2 aromatic heterocycles. The number of nitrogens with zero attached hydrogens (tertiary/aromatic N) is 4. The Kier molecular flexibility index (Phi) is 7.38. The van der Waals surface area contributed by atoms with Crippen LogP contribution in [0.5, 0.6) is 0 Å². The second-order valence-corrected chi connectivity index (χ2v) is 8.74. The number of allylic oxidation sites excluding steroid dienone is 1. The van der Waals surface area contributed by atoms with Gasteiger partial charge in [0, 0.05) is 31.9 Å². The van der Waals surface area contributed by atoms with Crippen LogP contribution in [-0.2, 0) is 6.18 Å². The Balaban J connectivity index is 1.71. The summed E-state index contributed by atoms with van der Waals surface area (Å²) in [5.41, 5.74) is 1.51. The van der Waals surface area contributed by atoms with Crippen LogP contribution in [0.2, 0.25) is 0 Å². The molecule has 0 atom stereocenters. The molecule has 2 aromatic rings. The summed E-state index contributed by atoms with van der Waals surface area (Å²) in [6.07, 6.45) is 1.74. The first kappa shape index (κ1) is 24.0. The molecule has 6 nitrogen and oxygen atoms in total. The Hall–Kier alpha value is -2.68. The van der Waals surface area contributed by atoms with Gasteiger partial charge in [-0.15, -0.1) is 0 Å². The molecule has 0 radical (unpaired) electrons. The molecule has 1 aliphatic heterocycles. The normalized spacial score (nSPS) is 15.8. The predicted molar refractivity (Wildman–Crippen MR) is 117 cm³/mol. The van der Waals surface area contributed by atoms with Gasteiger partial charge in [-0.3, -0.25) is 9.69 Å². The Morgan fingerprint density at radius 2 is 1.91 bits per heavy atom. The summed E-state index contributed by atoms with van der Waals surface area (Å²) in [5, 5.41) is 7.37. The van der Waals surface area contributed by atoms with Crippen molar-refractivity contribution >= 4 is 5.91 Å². The summed E-state index contributed by atoms with van der Waals surface area (Å²) in [6.45, 7) is 10.7. The van der Waals surface area contributed by atoms with E-state index in [0.717, 1.165) is 44.7 Å². The fraction of sp³-hybridized carbons (Fsp3) is 0.522. The van der Waals surface area contributed by atoms with E-state index in [2.05, 4.69) is 40.2 Å². The molecule has 174 valence electrons. The number of pyridine rings is 1. The molecule has 3 rings (SSSR count). The van der Waals surface area contributed by atoms with Crippen molar-refractivity contribution in [2.24, 2.45) is 0 Å². The molecule has 32 heavy (non-hydrogen) atoms. The fourth-order valence-corrected chi connectivity index (χ4v) is 3.78. The van der Waals surface area contributed by atoms with Crippen molar-refractivity contribution in [2.45, 2.75) is 58.7 Å². The molecule has 0 aromatic carbocycles. The van der Waals surface area contributed by atoms with Crippen molar-refractivity contribution in [1.29, 1.82) is 0 Å². The summed E-state index contributed by atoms with van der Waals surface area (Å²) in [6, 6.07) is 2.32. The maximum absolute atomic E-state index is 13.0. The minimum absolute atomic E-state index is 0.0757. The second kappa shape index (κ2) is 9.85. The monoisotopic (exact) mass is 449 g/mol. The fourth-order valence-electron chi connectivity index (χ4n) is 3.78. The molecule has 0 aliphatic carbocycles. The first-order valence-corrected chi connectivity index (χ1v) is 10.8. The maximum atomic E-state index is 13.0. The third-order valence-electron chi connectivity index (χ3n) is 5.57. The number of carbonyl (C=O) groups excluding carboxylic acids is 1. The van der Waals surface area contributed by atoms with Gasteiger partial charge < -0.3 is 5.32 Å². The van der Waals surface area contributed by atoms with Crippen LogP contribution >= 0.6 is 0 Å². The first-order chi connectivity index (χ1) is 15.1. The molecular formula is C23H30F3N5O. The second-order valence-electron chi connectivity index (χ2n) is 8.74. The van der Waals surface area contributed by atoms with Gasteiger partial charge >= 0.3 is 6.18 Å². The van der Waals surface area contributed by atoms with Crippen molar-refractivity contribution in [3.05, 3.63) is 53.0 Å². The minimum Gasteiger partial charge on any atom is -0.349 e. The highest BCUT2D eigenvalue weighted by Gasteiger charge is 2.31. The van der Waals surface area contributed by atoms with Crippen LogP contribution < -0.4 is 5.32 Å². The van der Waals surface area contributed by atoms with Crippen LogP contribution in [0.15, 0.2) is 36.2 Å². The van der Waals surface area contributed by atoms with Gasteiger partial charge in [-0.05, 0) is 44.7 Å². The van der Waals surface area contributed by atoms with Gasteiger partial charge in [0.15, 0.2) is 5.82 Å². The van der Waals surface area contributed by atoms with E-state index in [-0.39, 0.29) is 23.7 Å². The maximum Gasteiger partial charge on any atom is 0.417 e. The first-order valence-electron chi connectivity index (χ1n) is 10.8. The van der Waals surface area contributed by atoms with Crippen LogP contribution in [0.4, 0.5) is 13.2 Å². The predicted octanol–water partition coefficient (Wildman–Crippen LogP) is 4.57. The number of hydrogen-bond acceptors (Lipinski definition) is 4. The number of halogens is 3. The minimum atomic E-state index is -4.46. The number of alkyl halides is 3. The van der Waals surface area contributed by atoms with Gasteiger partial charge in [-0.25, -0.2) is 9.67 Å². The average molecular weight is 450 g/mol. The topological polar surface area (TPSA) is 63.1 Å². The van der Waals surface area contributed by atoms with Crippen LogP contribution in [0.25, 0.3) is 5.82 Å². The van der Waals surface area contributed by atoms with Crippen molar-refractivity contribution < 1.29 is 18.0 Å². The highest BCUT2D eigenvalue weighted by Crippen LogP contribution is 2.29. The van der Waals surface area contributed by atoms with Gasteiger partial charge in [0.2, 0.25) is 0 Å². The number of aromatic nitrogens is 3. The molecule has 3 heterocycles. The summed E-state index contributed by atoms with van der Waals surface area (Å²) in [7, 11) is 0. The Bertz CT molecular complexity index is 951. The Labute approximate surface area is 186 Å². The number of amides is 1.